The number of aliphatic carboxylic acids is 2. The smallest absolute Gasteiger partial charge is 0.331 e. The molecule has 0 radical (unpaired) electrons. The lowest BCUT2D eigenvalue weighted by Crippen LogP contribution is -2.16. The fraction of sp³-hybridized carbons (Fsp3) is 0.364. The topological polar surface area (TPSA) is 94.9 Å². The summed E-state index contributed by atoms with van der Waals surface area (Å²) in [5.41, 5.74) is -0.303. The number of nitrogens with zero attached hydrogens (tertiary/aromatic N) is 1. The summed E-state index contributed by atoms with van der Waals surface area (Å²) in [5.74, 6) is -2.24. The highest BCUT2D eigenvalue weighted by Crippen LogP contribution is 2.08. The van der Waals surface area contributed by atoms with Gasteiger partial charge in [0.2, 0.25) is 5.91 Å². The molecule has 6 heteroatoms. The van der Waals surface area contributed by atoms with Gasteiger partial charge in [-0.1, -0.05) is 13.2 Å². The summed E-state index contributed by atoms with van der Waals surface area (Å²) in [5, 5.41) is 16.1. The van der Waals surface area contributed by atoms with E-state index in [1.54, 1.807) is 11.1 Å². The molecule has 0 aromatic carbocycles. The van der Waals surface area contributed by atoms with Gasteiger partial charge in [0.1, 0.15) is 0 Å². The van der Waals surface area contributed by atoms with Crippen molar-refractivity contribution in [3.8, 4) is 0 Å². The van der Waals surface area contributed by atoms with Gasteiger partial charge in [0.05, 0.1) is 6.42 Å². The molecule has 0 atom stereocenters. The molecule has 2 N–H and O–H groups in total. The average molecular weight is 241 g/mol. The van der Waals surface area contributed by atoms with Crippen LogP contribution in [0.15, 0.2) is 24.9 Å². The van der Waals surface area contributed by atoms with Gasteiger partial charge in [-0.25, -0.2) is 4.79 Å². The summed E-state index contributed by atoms with van der Waals surface area (Å²) in [4.78, 5) is 32.0. The van der Waals surface area contributed by atoms with Crippen LogP contribution >= 0.6 is 0 Å². The quantitative estimate of drug-likeness (QED) is 0.711. The molecule has 0 unspecified atom stereocenters. The van der Waals surface area contributed by atoms with Gasteiger partial charge in [-0.3, -0.25) is 9.59 Å². The molecule has 6 nitrogen and oxygen atoms in total. The number of likely N-dealkylation sites (tertiary alicyclic amines) is 1. The monoisotopic (exact) mass is 241 g/mol. The number of amides is 1. The first-order valence-corrected chi connectivity index (χ1v) is 4.93. The molecule has 0 aromatic heterocycles. The van der Waals surface area contributed by atoms with E-state index in [0.29, 0.717) is 6.42 Å². The number of carboxylic acids is 2. The standard InChI is InChI=1S/C6H9NO.C5H6O4/c1-2-7-5-3-4-6(7)8;1-3(5(8)9)2-4(6)7/h2H,1,3-5H2;1-2H2,(H,6,7)(H,8,9). The molecule has 1 saturated heterocycles. The van der Waals surface area contributed by atoms with Crippen molar-refractivity contribution in [2.45, 2.75) is 19.3 Å². The molecule has 1 aliphatic rings. The predicted octanol–water partition coefficient (Wildman–Crippen LogP) is 0.854. The lowest BCUT2D eigenvalue weighted by atomic mass is 10.2. The minimum atomic E-state index is -1.27. The van der Waals surface area contributed by atoms with E-state index in [1.807, 2.05) is 0 Å². The Kier molecular flexibility index (Phi) is 6.32. The normalized spacial score (nSPS) is 13.6. The lowest BCUT2D eigenvalue weighted by molar-refractivity contribution is -0.139. The zero-order valence-corrected chi connectivity index (χ0v) is 9.39. The maximum atomic E-state index is 10.7. The molecule has 1 fully saturated rings. The van der Waals surface area contributed by atoms with Crippen molar-refractivity contribution in [1.29, 1.82) is 0 Å². The van der Waals surface area contributed by atoms with E-state index in [2.05, 4.69) is 13.2 Å². The first-order chi connectivity index (χ1) is 7.88. The minimum absolute atomic E-state index is 0.208. The first-order valence-electron chi connectivity index (χ1n) is 4.93. The van der Waals surface area contributed by atoms with E-state index in [9.17, 15) is 14.4 Å². The highest BCUT2D eigenvalue weighted by molar-refractivity contribution is 5.91. The van der Waals surface area contributed by atoms with Gasteiger partial charge >= 0.3 is 11.9 Å². The Labute approximate surface area is 98.8 Å². The molecule has 0 aromatic rings. The molecule has 0 saturated carbocycles. The Hall–Kier alpha value is -2.11. The maximum Gasteiger partial charge on any atom is 0.331 e. The summed E-state index contributed by atoms with van der Waals surface area (Å²) in [7, 11) is 0. The second-order valence-electron chi connectivity index (χ2n) is 3.35. The Morgan fingerprint density at radius 1 is 1.41 bits per heavy atom. The zero-order valence-electron chi connectivity index (χ0n) is 9.39. The van der Waals surface area contributed by atoms with Gasteiger partial charge in [-0.2, -0.15) is 0 Å². The van der Waals surface area contributed by atoms with Crippen LogP contribution < -0.4 is 0 Å². The van der Waals surface area contributed by atoms with E-state index < -0.39 is 18.4 Å². The van der Waals surface area contributed by atoms with Crippen molar-refractivity contribution in [3.63, 3.8) is 0 Å². The van der Waals surface area contributed by atoms with Crippen LogP contribution in [0.4, 0.5) is 0 Å². The third-order valence-electron chi connectivity index (χ3n) is 2.00. The summed E-state index contributed by atoms with van der Waals surface area (Å²) in [6.45, 7) is 7.38. The molecule has 1 heterocycles. The van der Waals surface area contributed by atoms with Crippen LogP contribution in [0, 0.1) is 0 Å². The number of carbonyl (C=O) groups is 3. The van der Waals surface area contributed by atoms with Crippen LogP contribution in [-0.2, 0) is 14.4 Å². The molecular weight excluding hydrogens is 226 g/mol. The molecule has 0 aliphatic carbocycles. The number of carbonyl (C=O) groups excluding carboxylic acids is 1. The summed E-state index contributed by atoms with van der Waals surface area (Å²) < 4.78 is 0. The third-order valence-corrected chi connectivity index (χ3v) is 2.00. The second-order valence-corrected chi connectivity index (χ2v) is 3.35. The number of rotatable bonds is 4. The second kappa shape index (κ2) is 7.21. The Bertz CT molecular complexity index is 348. The SMILES string of the molecule is C=C(CC(=O)O)C(=O)O.C=CN1CCCC1=O. The zero-order chi connectivity index (χ0) is 13.4. The number of hydrogen-bond donors (Lipinski definition) is 2. The number of hydrogen-bond acceptors (Lipinski definition) is 3. The summed E-state index contributed by atoms with van der Waals surface area (Å²) in [6.07, 6.45) is 2.78. The predicted molar refractivity (Wildman–Crippen MR) is 60.2 cm³/mol. The Balaban J connectivity index is 0.000000302. The Morgan fingerprint density at radius 2 is 2.00 bits per heavy atom. The molecule has 1 aliphatic heterocycles. The molecular formula is C11H15NO5. The van der Waals surface area contributed by atoms with Gasteiger partial charge in [0, 0.05) is 18.5 Å². The molecule has 1 amide bonds. The fourth-order valence-electron chi connectivity index (χ4n) is 1.12. The van der Waals surface area contributed by atoms with Gasteiger partial charge in [-0.15, -0.1) is 0 Å². The van der Waals surface area contributed by atoms with Crippen LogP contribution in [0.5, 0.6) is 0 Å². The lowest BCUT2D eigenvalue weighted by Gasteiger charge is -2.05. The molecule has 0 spiro atoms. The fourth-order valence-corrected chi connectivity index (χ4v) is 1.12. The van der Waals surface area contributed by atoms with Crippen molar-refractivity contribution in [1.82, 2.24) is 4.90 Å². The summed E-state index contributed by atoms with van der Waals surface area (Å²) in [6, 6.07) is 0. The van der Waals surface area contributed by atoms with E-state index in [0.717, 1.165) is 13.0 Å². The minimum Gasteiger partial charge on any atom is -0.481 e. The van der Waals surface area contributed by atoms with Gasteiger partial charge in [0.15, 0.2) is 0 Å². The molecule has 0 bridgehead atoms. The first kappa shape index (κ1) is 14.9. The Morgan fingerprint density at radius 3 is 2.18 bits per heavy atom. The highest BCUT2D eigenvalue weighted by Gasteiger charge is 2.16. The van der Waals surface area contributed by atoms with E-state index in [4.69, 9.17) is 10.2 Å². The van der Waals surface area contributed by atoms with Crippen LogP contribution in [0.2, 0.25) is 0 Å². The average Bonchev–Trinajstić information content (AvgIpc) is 2.63. The van der Waals surface area contributed by atoms with Crippen molar-refractivity contribution in [2.75, 3.05) is 6.54 Å². The maximum absolute atomic E-state index is 10.7. The third kappa shape index (κ3) is 6.14. The van der Waals surface area contributed by atoms with Gasteiger partial charge < -0.3 is 15.1 Å². The number of carboxylic acid groups (broad SMARTS) is 2. The van der Waals surface area contributed by atoms with Crippen molar-refractivity contribution < 1.29 is 24.6 Å². The van der Waals surface area contributed by atoms with Crippen molar-refractivity contribution in [2.24, 2.45) is 0 Å². The van der Waals surface area contributed by atoms with Crippen molar-refractivity contribution >= 4 is 17.8 Å². The van der Waals surface area contributed by atoms with Gasteiger partial charge in [0.25, 0.3) is 0 Å². The van der Waals surface area contributed by atoms with E-state index in [-0.39, 0.29) is 11.5 Å². The molecule has 1 rings (SSSR count). The highest BCUT2D eigenvalue weighted by atomic mass is 16.4. The van der Waals surface area contributed by atoms with Crippen molar-refractivity contribution in [3.05, 3.63) is 24.9 Å². The molecule has 17 heavy (non-hydrogen) atoms. The summed E-state index contributed by atoms with van der Waals surface area (Å²) >= 11 is 0. The van der Waals surface area contributed by atoms with Gasteiger partial charge in [-0.05, 0) is 12.6 Å². The largest absolute Gasteiger partial charge is 0.481 e. The van der Waals surface area contributed by atoms with E-state index in [1.165, 1.54) is 0 Å². The van der Waals surface area contributed by atoms with Crippen LogP contribution in [0.1, 0.15) is 19.3 Å². The van der Waals surface area contributed by atoms with Crippen LogP contribution in [0.3, 0.4) is 0 Å². The molecule has 94 valence electrons. The van der Waals surface area contributed by atoms with Crippen LogP contribution in [0.25, 0.3) is 0 Å². The van der Waals surface area contributed by atoms with E-state index >= 15 is 0 Å². The van der Waals surface area contributed by atoms with Crippen LogP contribution in [-0.4, -0.2) is 39.5 Å².